The van der Waals surface area contributed by atoms with Gasteiger partial charge in [-0.3, -0.25) is 4.79 Å². The molecule has 2 heterocycles. The maximum Gasteiger partial charge on any atom is 0.416 e. The number of nitrogens with one attached hydrogen (secondary N) is 1. The minimum absolute atomic E-state index is 0.0169. The maximum atomic E-state index is 14.6. The van der Waals surface area contributed by atoms with Crippen molar-refractivity contribution in [1.82, 2.24) is 15.1 Å². The molecule has 4 rings (SSSR count). The molecule has 2 aliphatic heterocycles. The van der Waals surface area contributed by atoms with Crippen molar-refractivity contribution < 1.29 is 27.9 Å². The molecule has 40 heavy (non-hydrogen) atoms. The summed E-state index contributed by atoms with van der Waals surface area (Å²) < 4.78 is 43.7. The molecule has 0 radical (unpaired) electrons. The van der Waals surface area contributed by atoms with E-state index in [1.807, 2.05) is 18.7 Å². The summed E-state index contributed by atoms with van der Waals surface area (Å²) in [6.45, 7) is 6.24. The van der Waals surface area contributed by atoms with Gasteiger partial charge in [-0.15, -0.1) is 0 Å². The summed E-state index contributed by atoms with van der Waals surface area (Å²) in [5.41, 5.74) is -4.38. The van der Waals surface area contributed by atoms with Gasteiger partial charge in [0.25, 0.3) is 5.91 Å². The van der Waals surface area contributed by atoms with E-state index in [0.717, 1.165) is 6.07 Å². The van der Waals surface area contributed by atoms with Gasteiger partial charge in [-0.1, -0.05) is 55.5 Å². The van der Waals surface area contributed by atoms with Gasteiger partial charge in [0, 0.05) is 54.8 Å². The first-order valence-electron chi connectivity index (χ1n) is 13.2. The second kappa shape index (κ2) is 11.7. The van der Waals surface area contributed by atoms with Gasteiger partial charge in [0.15, 0.2) is 5.60 Å². The van der Waals surface area contributed by atoms with E-state index in [9.17, 15) is 27.9 Å². The Morgan fingerprint density at radius 1 is 1.20 bits per heavy atom. The van der Waals surface area contributed by atoms with E-state index in [1.54, 1.807) is 18.0 Å². The third kappa shape index (κ3) is 5.51. The first-order valence-corrected chi connectivity index (χ1v) is 13.6. The highest BCUT2D eigenvalue weighted by Gasteiger charge is 2.56. The molecule has 2 aromatic carbocycles. The summed E-state index contributed by atoms with van der Waals surface area (Å²) >= 11 is 6.33. The number of urea groups is 1. The number of nitrogens with zero attached hydrogens (tertiary/aromatic N) is 3. The van der Waals surface area contributed by atoms with Gasteiger partial charge in [-0.2, -0.15) is 13.2 Å². The van der Waals surface area contributed by atoms with Crippen LogP contribution in [0.5, 0.6) is 0 Å². The minimum atomic E-state index is -4.88. The Labute approximate surface area is 236 Å². The van der Waals surface area contributed by atoms with E-state index in [1.165, 1.54) is 29.2 Å². The van der Waals surface area contributed by atoms with E-state index in [2.05, 4.69) is 17.2 Å². The predicted molar refractivity (Wildman–Crippen MR) is 147 cm³/mol. The molecule has 7 nitrogen and oxygen atoms in total. The van der Waals surface area contributed by atoms with Gasteiger partial charge in [-0.25, -0.2) is 4.79 Å². The van der Waals surface area contributed by atoms with Gasteiger partial charge < -0.3 is 25.1 Å². The largest absolute Gasteiger partial charge is 0.416 e. The van der Waals surface area contributed by atoms with Crippen molar-refractivity contribution in [2.45, 2.75) is 44.5 Å². The smallest absolute Gasteiger partial charge is 0.372 e. The van der Waals surface area contributed by atoms with Gasteiger partial charge in [0.2, 0.25) is 0 Å². The first kappa shape index (κ1) is 29.7. The number of likely N-dealkylation sites (N-methyl/N-ethyl adjacent to an activating group) is 2. The summed E-state index contributed by atoms with van der Waals surface area (Å²) in [5.74, 6) is 4.83. The predicted octanol–water partition coefficient (Wildman–Crippen LogP) is 4.44. The lowest BCUT2D eigenvalue weighted by atomic mass is 9.83. The highest BCUT2D eigenvalue weighted by atomic mass is 35.5. The number of hydrogen-bond acceptors (Lipinski definition) is 4. The van der Waals surface area contributed by atoms with E-state index in [-0.39, 0.29) is 40.5 Å². The molecule has 2 N–H and O–H groups in total. The standard InChI is InChI=1S/C29H32ClF3N4O3/c1-4-36(5-2)14-15-37-24-17-19(10-6-7-11-20-18-34-27(39)35(20)3)16-22(29(31,32)33)25(24)28(40,26(37)38)21-12-8-9-13-23(21)30/h8-9,12-13,16-17,20,40H,4-5,7,11,14-15,18H2,1-3H3,(H,34,39). The average Bonchev–Trinajstić information content (AvgIpc) is 3.35. The van der Waals surface area contributed by atoms with Crippen molar-refractivity contribution in [3.63, 3.8) is 0 Å². The number of hydrogen-bond donors (Lipinski definition) is 2. The molecule has 2 aliphatic rings. The van der Waals surface area contributed by atoms with Crippen molar-refractivity contribution in [2.24, 2.45) is 0 Å². The number of carbonyl (C=O) groups is 2. The zero-order valence-corrected chi connectivity index (χ0v) is 23.4. The van der Waals surface area contributed by atoms with Crippen molar-refractivity contribution in [3.05, 3.63) is 63.7 Å². The molecule has 0 aromatic heterocycles. The van der Waals surface area contributed by atoms with Crippen LogP contribution in [0.15, 0.2) is 36.4 Å². The molecule has 0 bridgehead atoms. The van der Waals surface area contributed by atoms with Crippen molar-refractivity contribution >= 4 is 29.2 Å². The number of fused-ring (bicyclic) bond motifs is 1. The van der Waals surface area contributed by atoms with E-state index in [4.69, 9.17) is 11.6 Å². The number of aliphatic hydroxyl groups is 1. The van der Waals surface area contributed by atoms with Gasteiger partial charge >= 0.3 is 12.2 Å². The Morgan fingerprint density at radius 3 is 2.50 bits per heavy atom. The normalized spacial score (nSPS) is 20.6. The summed E-state index contributed by atoms with van der Waals surface area (Å²) in [6.07, 6.45) is -3.97. The van der Waals surface area contributed by atoms with Crippen LogP contribution < -0.4 is 10.2 Å². The summed E-state index contributed by atoms with van der Waals surface area (Å²) in [7, 11) is 1.68. The van der Waals surface area contributed by atoms with Crippen LogP contribution in [0, 0.1) is 11.8 Å². The number of carbonyl (C=O) groups excluding carboxylic acids is 2. The number of amides is 3. The number of anilines is 1. The SMILES string of the molecule is CCN(CC)CCN1C(=O)C(O)(c2ccccc2Cl)c2c1cc(C#CCCC1CNC(=O)N1C)cc2C(F)(F)F. The van der Waals surface area contributed by atoms with Crippen LogP contribution in [0.2, 0.25) is 5.02 Å². The molecular weight excluding hydrogens is 545 g/mol. The number of rotatable bonds is 8. The second-order valence-corrected chi connectivity index (χ2v) is 10.3. The zero-order valence-electron chi connectivity index (χ0n) is 22.6. The van der Waals surface area contributed by atoms with Crippen LogP contribution in [0.25, 0.3) is 0 Å². The molecule has 0 aliphatic carbocycles. The highest BCUT2D eigenvalue weighted by molar-refractivity contribution is 6.32. The molecule has 214 valence electrons. The van der Waals surface area contributed by atoms with E-state index in [0.29, 0.717) is 39.0 Å². The van der Waals surface area contributed by atoms with Gasteiger partial charge in [0.05, 0.1) is 17.3 Å². The van der Waals surface area contributed by atoms with Crippen molar-refractivity contribution in [3.8, 4) is 11.8 Å². The Morgan fingerprint density at radius 2 is 1.90 bits per heavy atom. The van der Waals surface area contributed by atoms with E-state index < -0.39 is 28.8 Å². The summed E-state index contributed by atoms with van der Waals surface area (Å²) in [5, 5.41) is 14.6. The Kier molecular flexibility index (Phi) is 8.69. The summed E-state index contributed by atoms with van der Waals surface area (Å²) in [4.78, 5) is 30.3. The molecule has 0 saturated carbocycles. The van der Waals surface area contributed by atoms with Crippen LogP contribution in [-0.2, 0) is 16.6 Å². The highest BCUT2D eigenvalue weighted by Crippen LogP contribution is 2.51. The third-order valence-corrected chi connectivity index (χ3v) is 7.95. The summed E-state index contributed by atoms with van der Waals surface area (Å²) in [6, 6.07) is 7.97. The molecule has 1 saturated heterocycles. The molecule has 2 atom stereocenters. The zero-order chi connectivity index (χ0) is 29.2. The van der Waals surface area contributed by atoms with Crippen LogP contribution in [0.1, 0.15) is 48.9 Å². The lowest BCUT2D eigenvalue weighted by Crippen LogP contribution is -2.44. The lowest BCUT2D eigenvalue weighted by Gasteiger charge is -2.27. The molecular formula is C29H32ClF3N4O3. The molecule has 2 aromatic rings. The monoisotopic (exact) mass is 576 g/mol. The quantitative estimate of drug-likeness (QED) is 0.456. The lowest BCUT2D eigenvalue weighted by molar-refractivity contribution is -0.142. The number of alkyl halides is 3. The molecule has 3 amide bonds. The fourth-order valence-corrected chi connectivity index (χ4v) is 5.54. The first-order chi connectivity index (χ1) is 18.9. The second-order valence-electron chi connectivity index (χ2n) is 9.88. The van der Waals surface area contributed by atoms with Crippen LogP contribution in [0.3, 0.4) is 0 Å². The number of benzene rings is 2. The Bertz CT molecular complexity index is 1350. The van der Waals surface area contributed by atoms with Crippen molar-refractivity contribution in [2.75, 3.05) is 44.7 Å². The molecule has 1 fully saturated rings. The van der Waals surface area contributed by atoms with Gasteiger partial charge in [0.1, 0.15) is 0 Å². The average molecular weight is 577 g/mol. The van der Waals surface area contributed by atoms with Crippen LogP contribution in [0.4, 0.5) is 23.7 Å². The number of halogens is 4. The Balaban J connectivity index is 1.79. The molecule has 11 heteroatoms. The minimum Gasteiger partial charge on any atom is -0.372 e. The fraction of sp³-hybridized carbons (Fsp3) is 0.448. The Hall–Kier alpha value is -3.26. The topological polar surface area (TPSA) is 76.1 Å². The van der Waals surface area contributed by atoms with Crippen LogP contribution >= 0.6 is 11.6 Å². The fourth-order valence-electron chi connectivity index (χ4n) is 5.27. The third-order valence-electron chi connectivity index (χ3n) is 7.62. The van der Waals surface area contributed by atoms with Crippen LogP contribution in [-0.4, -0.2) is 72.7 Å². The molecule has 0 spiro atoms. The van der Waals surface area contributed by atoms with Crippen molar-refractivity contribution in [1.29, 1.82) is 0 Å². The maximum absolute atomic E-state index is 14.6. The van der Waals surface area contributed by atoms with E-state index >= 15 is 0 Å². The molecule has 2 unspecified atom stereocenters. The van der Waals surface area contributed by atoms with Gasteiger partial charge in [-0.05, 0) is 37.7 Å².